The minimum absolute atomic E-state index is 0.247. The maximum absolute atomic E-state index is 12.9. The van der Waals surface area contributed by atoms with Crippen LogP contribution in [0.5, 0.6) is 0 Å². The van der Waals surface area contributed by atoms with Gasteiger partial charge in [-0.3, -0.25) is 0 Å². The Morgan fingerprint density at radius 1 is 1.27 bits per heavy atom. The molecule has 80 valence electrons. The van der Waals surface area contributed by atoms with Gasteiger partial charge in [-0.2, -0.15) is 5.26 Å². The molecular weight excluding hydrogens is 228 g/mol. The molecule has 0 saturated heterocycles. The molecule has 2 unspecified atom stereocenters. The van der Waals surface area contributed by atoms with Crippen molar-refractivity contribution in [3.8, 4) is 6.07 Å². The summed E-state index contributed by atoms with van der Waals surface area (Å²) in [4.78, 5) is 0. The van der Waals surface area contributed by atoms with E-state index in [1.54, 1.807) is 0 Å². The van der Waals surface area contributed by atoms with Gasteiger partial charge in [0.05, 0.1) is 6.07 Å². The first-order chi connectivity index (χ1) is 6.97. The number of halogens is 3. The Morgan fingerprint density at radius 3 is 2.13 bits per heavy atom. The third-order valence-corrected chi connectivity index (χ3v) is 2.14. The van der Waals surface area contributed by atoms with Crippen molar-refractivity contribution in [2.45, 2.75) is 12.2 Å². The van der Waals surface area contributed by atoms with E-state index in [-0.39, 0.29) is 5.56 Å². The van der Waals surface area contributed by atoms with Crippen LogP contribution in [0, 0.1) is 23.0 Å². The molecule has 0 heterocycles. The predicted octanol–water partition coefficient (Wildman–Crippen LogP) is 1.54. The molecule has 6 heteroatoms. The van der Waals surface area contributed by atoms with Crippen LogP contribution < -0.4 is 0 Å². The van der Waals surface area contributed by atoms with Crippen LogP contribution in [0.2, 0.25) is 5.02 Å². The van der Waals surface area contributed by atoms with Gasteiger partial charge in [0.25, 0.3) is 0 Å². The number of hydrogen-bond acceptors (Lipinski definition) is 3. The molecule has 0 fully saturated rings. The summed E-state index contributed by atoms with van der Waals surface area (Å²) >= 11 is 5.21. The lowest BCUT2D eigenvalue weighted by molar-refractivity contribution is 0.0524. The average molecular weight is 234 g/mol. The van der Waals surface area contributed by atoms with E-state index in [4.69, 9.17) is 22.0 Å². The topological polar surface area (TPSA) is 64.2 Å². The zero-order valence-electron chi connectivity index (χ0n) is 7.28. The number of aliphatic hydroxyl groups is 2. The van der Waals surface area contributed by atoms with Gasteiger partial charge in [-0.25, -0.2) is 8.78 Å². The summed E-state index contributed by atoms with van der Waals surface area (Å²) in [6.07, 6.45) is -3.42. The van der Waals surface area contributed by atoms with E-state index >= 15 is 0 Å². The minimum atomic E-state index is -1.75. The molecule has 0 spiro atoms. The molecule has 0 aliphatic heterocycles. The van der Waals surface area contributed by atoms with Crippen LogP contribution in [0.3, 0.4) is 0 Å². The summed E-state index contributed by atoms with van der Waals surface area (Å²) < 4.78 is 25.8. The van der Waals surface area contributed by atoms with Crippen molar-refractivity contribution in [3.63, 3.8) is 0 Å². The van der Waals surface area contributed by atoms with Crippen molar-refractivity contribution in [1.29, 1.82) is 5.26 Å². The van der Waals surface area contributed by atoms with Gasteiger partial charge >= 0.3 is 0 Å². The number of aliphatic hydroxyl groups excluding tert-OH is 2. The van der Waals surface area contributed by atoms with Crippen LogP contribution in [-0.2, 0) is 0 Å². The van der Waals surface area contributed by atoms with Crippen molar-refractivity contribution < 1.29 is 19.0 Å². The fourth-order valence-corrected chi connectivity index (χ4v) is 1.11. The van der Waals surface area contributed by atoms with Gasteiger partial charge < -0.3 is 10.2 Å². The highest BCUT2D eigenvalue weighted by molar-refractivity contribution is 6.30. The highest BCUT2D eigenvalue weighted by Gasteiger charge is 2.20. The van der Waals surface area contributed by atoms with Gasteiger partial charge in [0.15, 0.2) is 6.10 Å². The van der Waals surface area contributed by atoms with Crippen LogP contribution in [0.4, 0.5) is 8.78 Å². The normalized spacial score (nSPS) is 14.4. The fourth-order valence-electron chi connectivity index (χ4n) is 0.999. The Labute approximate surface area is 89.1 Å². The second-order valence-corrected chi connectivity index (χ2v) is 3.20. The Bertz CT molecular complexity index is 396. The van der Waals surface area contributed by atoms with Crippen LogP contribution in [-0.4, -0.2) is 16.3 Å². The van der Waals surface area contributed by atoms with Gasteiger partial charge in [-0.05, 0) is 17.7 Å². The molecule has 1 rings (SSSR count). The van der Waals surface area contributed by atoms with Gasteiger partial charge in [0.1, 0.15) is 22.8 Å². The molecule has 2 atom stereocenters. The molecule has 0 amide bonds. The molecule has 0 aliphatic carbocycles. The summed E-state index contributed by atoms with van der Waals surface area (Å²) in [5, 5.41) is 25.8. The zero-order valence-corrected chi connectivity index (χ0v) is 8.04. The maximum atomic E-state index is 12.9. The standard InChI is InChI=1S/C9H6ClF2NO2/c10-8-5(11)1-4(2-6(8)12)9(15)7(14)3-13/h1-2,7,9,14-15H. The predicted molar refractivity (Wildman–Crippen MR) is 47.9 cm³/mol. The lowest BCUT2D eigenvalue weighted by Gasteiger charge is -2.12. The highest BCUT2D eigenvalue weighted by Crippen LogP contribution is 2.25. The minimum Gasteiger partial charge on any atom is -0.385 e. The van der Waals surface area contributed by atoms with Crippen LogP contribution in [0.15, 0.2) is 12.1 Å². The summed E-state index contributed by atoms with van der Waals surface area (Å²) in [6.45, 7) is 0. The van der Waals surface area contributed by atoms with E-state index in [0.29, 0.717) is 0 Å². The quantitative estimate of drug-likeness (QED) is 0.602. The van der Waals surface area contributed by atoms with Crippen molar-refractivity contribution in [1.82, 2.24) is 0 Å². The second kappa shape index (κ2) is 4.53. The van der Waals surface area contributed by atoms with Crippen molar-refractivity contribution in [2.24, 2.45) is 0 Å². The molecular formula is C9H6ClF2NO2. The van der Waals surface area contributed by atoms with Gasteiger partial charge in [-0.15, -0.1) is 0 Å². The number of benzene rings is 1. The van der Waals surface area contributed by atoms with E-state index in [1.165, 1.54) is 6.07 Å². The molecule has 2 N–H and O–H groups in total. The fraction of sp³-hybridized carbons (Fsp3) is 0.222. The van der Waals surface area contributed by atoms with Crippen molar-refractivity contribution >= 4 is 11.6 Å². The Hall–Kier alpha value is -1.22. The first-order valence-corrected chi connectivity index (χ1v) is 4.25. The van der Waals surface area contributed by atoms with Crippen LogP contribution in [0.25, 0.3) is 0 Å². The molecule has 0 bridgehead atoms. The average Bonchev–Trinajstić information content (AvgIpc) is 2.23. The molecule has 1 aromatic rings. The van der Waals surface area contributed by atoms with Gasteiger partial charge in [-0.1, -0.05) is 11.6 Å². The first kappa shape index (κ1) is 11.9. The monoisotopic (exact) mass is 233 g/mol. The zero-order chi connectivity index (χ0) is 11.6. The van der Waals surface area contributed by atoms with E-state index in [9.17, 15) is 13.9 Å². The summed E-state index contributed by atoms with van der Waals surface area (Å²) in [7, 11) is 0. The lowest BCUT2D eigenvalue weighted by Crippen LogP contribution is -2.16. The molecule has 0 aromatic heterocycles. The lowest BCUT2D eigenvalue weighted by atomic mass is 10.1. The Morgan fingerprint density at radius 2 is 1.73 bits per heavy atom. The summed E-state index contributed by atoms with van der Waals surface area (Å²) in [5.74, 6) is -2.12. The summed E-state index contributed by atoms with van der Waals surface area (Å²) in [6, 6.07) is 2.87. The number of rotatable bonds is 2. The van der Waals surface area contributed by atoms with E-state index in [0.717, 1.165) is 12.1 Å². The molecule has 0 aliphatic rings. The molecule has 0 saturated carbocycles. The van der Waals surface area contributed by atoms with E-state index < -0.39 is 28.9 Å². The second-order valence-electron chi connectivity index (χ2n) is 2.82. The molecule has 1 aromatic carbocycles. The van der Waals surface area contributed by atoms with E-state index in [1.807, 2.05) is 0 Å². The van der Waals surface area contributed by atoms with Crippen molar-refractivity contribution in [2.75, 3.05) is 0 Å². The molecule has 15 heavy (non-hydrogen) atoms. The Balaban J connectivity index is 3.12. The first-order valence-electron chi connectivity index (χ1n) is 3.87. The largest absolute Gasteiger partial charge is 0.385 e. The molecule has 0 radical (unpaired) electrons. The Kier molecular flexibility index (Phi) is 3.58. The summed E-state index contributed by atoms with van der Waals surface area (Å²) in [5.41, 5.74) is -0.247. The smallest absolute Gasteiger partial charge is 0.170 e. The maximum Gasteiger partial charge on any atom is 0.170 e. The van der Waals surface area contributed by atoms with Crippen molar-refractivity contribution in [3.05, 3.63) is 34.4 Å². The highest BCUT2D eigenvalue weighted by atomic mass is 35.5. The van der Waals surface area contributed by atoms with Gasteiger partial charge in [0, 0.05) is 0 Å². The van der Waals surface area contributed by atoms with E-state index in [2.05, 4.69) is 0 Å². The third-order valence-electron chi connectivity index (χ3n) is 1.78. The number of nitrogens with zero attached hydrogens (tertiary/aromatic N) is 1. The number of hydrogen-bond donors (Lipinski definition) is 2. The SMILES string of the molecule is N#CC(O)C(O)c1cc(F)c(Cl)c(F)c1. The number of nitriles is 1. The molecule has 3 nitrogen and oxygen atoms in total. The van der Waals surface area contributed by atoms with Crippen LogP contribution in [0.1, 0.15) is 11.7 Å². The van der Waals surface area contributed by atoms with Gasteiger partial charge in [0.2, 0.25) is 0 Å². The van der Waals surface area contributed by atoms with Crippen LogP contribution >= 0.6 is 11.6 Å². The third kappa shape index (κ3) is 2.42.